The first kappa shape index (κ1) is 25.6. The minimum Gasteiger partial charge on any atom is -0.391 e. The maximum Gasteiger partial charge on any atom is 0.417 e. The molecule has 2 atom stereocenters. The summed E-state index contributed by atoms with van der Waals surface area (Å²) >= 11 is 0. The third-order valence-corrected chi connectivity index (χ3v) is 5.50. The van der Waals surface area contributed by atoms with Gasteiger partial charge in [0.15, 0.2) is 9.84 Å². The molecule has 0 saturated heterocycles. The molecule has 0 aliphatic heterocycles. The third kappa shape index (κ3) is 6.67. The summed E-state index contributed by atoms with van der Waals surface area (Å²) in [7, 11) is -3.46. The molecule has 0 aliphatic carbocycles. The smallest absolute Gasteiger partial charge is 0.391 e. The van der Waals surface area contributed by atoms with Gasteiger partial charge in [-0.25, -0.2) is 8.42 Å². The number of carbonyl (C=O) groups is 2. The molecule has 0 saturated carbocycles. The first-order valence-corrected chi connectivity index (χ1v) is 11.1. The maximum atomic E-state index is 13.1. The third-order valence-electron chi connectivity index (χ3n) is 4.38. The zero-order chi connectivity index (χ0) is 25.0. The number of hydrogen-bond donors (Lipinski definition) is 4. The number of halogens is 3. The van der Waals surface area contributed by atoms with Gasteiger partial charge < -0.3 is 10.4 Å². The van der Waals surface area contributed by atoms with E-state index in [-0.39, 0.29) is 16.1 Å². The SMILES string of the molecule is CC(O)[C@@H](Nc1ccc(C#N)c(C(F)(F)F)c1)C(=O)NNC(=O)c1ccc(S(C)(=O)=O)cc1. The number of sulfone groups is 1. The van der Waals surface area contributed by atoms with E-state index < -0.39 is 51.1 Å². The molecule has 4 N–H and O–H groups in total. The quantitative estimate of drug-likeness (QED) is 0.455. The Morgan fingerprint density at radius 2 is 1.70 bits per heavy atom. The van der Waals surface area contributed by atoms with Crippen molar-refractivity contribution in [1.29, 1.82) is 5.26 Å². The highest BCUT2D eigenvalue weighted by Crippen LogP contribution is 2.33. The molecule has 0 heterocycles. The van der Waals surface area contributed by atoms with Crippen LogP contribution in [-0.4, -0.2) is 43.7 Å². The highest BCUT2D eigenvalue weighted by atomic mass is 32.2. The van der Waals surface area contributed by atoms with Gasteiger partial charge in [0.1, 0.15) is 6.04 Å². The number of amides is 2. The summed E-state index contributed by atoms with van der Waals surface area (Å²) < 4.78 is 62.4. The van der Waals surface area contributed by atoms with Crippen molar-refractivity contribution in [3.8, 4) is 6.07 Å². The largest absolute Gasteiger partial charge is 0.417 e. The average Bonchev–Trinajstić information content (AvgIpc) is 2.74. The molecule has 176 valence electrons. The summed E-state index contributed by atoms with van der Waals surface area (Å²) in [5.74, 6) is -1.77. The van der Waals surface area contributed by atoms with Crippen molar-refractivity contribution >= 4 is 27.3 Å². The van der Waals surface area contributed by atoms with Crippen LogP contribution in [0.5, 0.6) is 0 Å². The van der Waals surface area contributed by atoms with Crippen molar-refractivity contribution < 1.29 is 36.3 Å². The van der Waals surface area contributed by atoms with Crippen LogP contribution in [0.25, 0.3) is 0 Å². The number of nitriles is 1. The number of hydrazine groups is 1. The van der Waals surface area contributed by atoms with Crippen LogP contribution in [0, 0.1) is 11.3 Å². The van der Waals surface area contributed by atoms with E-state index in [2.05, 4.69) is 10.7 Å². The summed E-state index contributed by atoms with van der Waals surface area (Å²) in [6.07, 6.45) is -5.20. The molecule has 2 aromatic carbocycles. The van der Waals surface area contributed by atoms with Crippen LogP contribution < -0.4 is 16.2 Å². The lowest BCUT2D eigenvalue weighted by molar-refractivity contribution is -0.137. The number of aliphatic hydroxyl groups is 1. The summed E-state index contributed by atoms with van der Waals surface area (Å²) in [4.78, 5) is 24.6. The molecule has 9 nitrogen and oxygen atoms in total. The van der Waals surface area contributed by atoms with E-state index in [1.165, 1.54) is 37.3 Å². The van der Waals surface area contributed by atoms with E-state index >= 15 is 0 Å². The molecule has 2 rings (SSSR count). The van der Waals surface area contributed by atoms with Gasteiger partial charge >= 0.3 is 6.18 Å². The Hall–Kier alpha value is -3.63. The van der Waals surface area contributed by atoms with E-state index in [0.717, 1.165) is 18.4 Å². The van der Waals surface area contributed by atoms with Crippen LogP contribution in [0.1, 0.15) is 28.4 Å². The van der Waals surface area contributed by atoms with Crippen LogP contribution in [0.4, 0.5) is 18.9 Å². The molecule has 0 aliphatic rings. The first-order chi connectivity index (χ1) is 15.2. The molecule has 0 spiro atoms. The van der Waals surface area contributed by atoms with Gasteiger partial charge in [0.05, 0.1) is 28.2 Å². The van der Waals surface area contributed by atoms with Crippen molar-refractivity contribution in [2.24, 2.45) is 0 Å². The lowest BCUT2D eigenvalue weighted by Gasteiger charge is -2.22. The van der Waals surface area contributed by atoms with Gasteiger partial charge in [-0.15, -0.1) is 0 Å². The van der Waals surface area contributed by atoms with E-state index in [1.54, 1.807) is 0 Å². The predicted octanol–water partition coefficient (Wildman–Crippen LogP) is 1.60. The first-order valence-electron chi connectivity index (χ1n) is 9.20. The zero-order valence-corrected chi connectivity index (χ0v) is 18.1. The second-order valence-electron chi connectivity index (χ2n) is 6.97. The highest BCUT2D eigenvalue weighted by Gasteiger charge is 2.34. The molecular weight excluding hydrogens is 465 g/mol. The van der Waals surface area contributed by atoms with Crippen LogP contribution in [0.3, 0.4) is 0 Å². The van der Waals surface area contributed by atoms with E-state index in [0.29, 0.717) is 6.07 Å². The van der Waals surface area contributed by atoms with E-state index in [9.17, 15) is 36.3 Å². The normalized spacial score (nSPS) is 13.4. The number of alkyl halides is 3. The fraction of sp³-hybridized carbons (Fsp3) is 0.250. The molecule has 1 unspecified atom stereocenters. The fourth-order valence-electron chi connectivity index (χ4n) is 2.67. The molecule has 2 aromatic rings. The number of aliphatic hydroxyl groups excluding tert-OH is 1. The second-order valence-corrected chi connectivity index (χ2v) is 8.99. The minimum atomic E-state index is -4.81. The molecule has 33 heavy (non-hydrogen) atoms. The number of hydrogen-bond acceptors (Lipinski definition) is 7. The minimum absolute atomic E-state index is 0.0119. The molecule has 13 heteroatoms. The number of nitrogens with one attached hydrogen (secondary N) is 3. The molecule has 0 fully saturated rings. The van der Waals surface area contributed by atoms with Crippen molar-refractivity contribution in [3.63, 3.8) is 0 Å². The van der Waals surface area contributed by atoms with Crippen LogP contribution in [-0.2, 0) is 20.8 Å². The van der Waals surface area contributed by atoms with Crippen molar-refractivity contribution in [2.75, 3.05) is 11.6 Å². The van der Waals surface area contributed by atoms with Crippen molar-refractivity contribution in [3.05, 3.63) is 59.2 Å². The Bertz CT molecular complexity index is 1190. The van der Waals surface area contributed by atoms with Gasteiger partial charge in [-0.05, 0) is 49.4 Å². The topological polar surface area (TPSA) is 148 Å². The lowest BCUT2D eigenvalue weighted by Crippen LogP contribution is -2.52. The zero-order valence-electron chi connectivity index (χ0n) is 17.3. The Morgan fingerprint density at radius 1 is 1.09 bits per heavy atom. The molecule has 2 amide bonds. The summed E-state index contributed by atoms with van der Waals surface area (Å²) in [6, 6.07) is 7.50. The van der Waals surface area contributed by atoms with Gasteiger partial charge in [0.2, 0.25) is 0 Å². The highest BCUT2D eigenvalue weighted by molar-refractivity contribution is 7.90. The fourth-order valence-corrected chi connectivity index (χ4v) is 3.30. The Balaban J connectivity index is 2.12. The van der Waals surface area contributed by atoms with Gasteiger partial charge in [-0.1, -0.05) is 0 Å². The Kier molecular flexibility index (Phi) is 7.68. The molecule has 0 bridgehead atoms. The second kappa shape index (κ2) is 9.88. The van der Waals surface area contributed by atoms with E-state index in [1.807, 2.05) is 5.43 Å². The number of anilines is 1. The van der Waals surface area contributed by atoms with E-state index in [4.69, 9.17) is 5.26 Å². The van der Waals surface area contributed by atoms with Crippen molar-refractivity contribution in [1.82, 2.24) is 10.9 Å². The van der Waals surface area contributed by atoms with Crippen LogP contribution >= 0.6 is 0 Å². The summed E-state index contributed by atoms with van der Waals surface area (Å²) in [5.41, 5.74) is 2.11. The van der Waals surface area contributed by atoms with Crippen LogP contribution in [0.15, 0.2) is 47.4 Å². The number of benzene rings is 2. The molecular formula is C20H19F3N4O5S. The van der Waals surface area contributed by atoms with Gasteiger partial charge in [-0.2, -0.15) is 18.4 Å². The standard InChI is InChI=1S/C20H19F3N4O5S/c1-11(28)17(25-14-6-3-13(10-24)16(9-14)20(21,22)23)19(30)27-26-18(29)12-4-7-15(8-5-12)33(2,31)32/h3-9,11,17,25,28H,1-2H3,(H,26,29)(H,27,30)/t11?,17-/m1/s1. The van der Waals surface area contributed by atoms with Gasteiger partial charge in [0.25, 0.3) is 11.8 Å². The van der Waals surface area contributed by atoms with Gasteiger partial charge in [0, 0.05) is 17.5 Å². The predicted molar refractivity (Wildman–Crippen MR) is 110 cm³/mol. The number of rotatable bonds is 6. The number of nitrogens with zero attached hydrogens (tertiary/aromatic N) is 1. The lowest BCUT2D eigenvalue weighted by atomic mass is 10.1. The Morgan fingerprint density at radius 3 is 2.18 bits per heavy atom. The average molecular weight is 484 g/mol. The monoisotopic (exact) mass is 484 g/mol. The number of carbonyl (C=O) groups excluding carboxylic acids is 2. The Labute approximate surface area is 187 Å². The summed E-state index contributed by atoms with van der Waals surface area (Å²) in [5, 5.41) is 21.2. The maximum absolute atomic E-state index is 13.1. The van der Waals surface area contributed by atoms with Gasteiger partial charge in [-0.3, -0.25) is 20.4 Å². The molecule has 0 aromatic heterocycles. The molecule has 0 radical (unpaired) electrons. The van der Waals surface area contributed by atoms with Crippen molar-refractivity contribution in [2.45, 2.75) is 30.1 Å². The van der Waals surface area contributed by atoms with Crippen LogP contribution in [0.2, 0.25) is 0 Å². The summed E-state index contributed by atoms with van der Waals surface area (Å²) in [6.45, 7) is 1.21.